The molecule has 0 radical (unpaired) electrons. The molecule has 0 aliphatic rings. The number of para-hydroxylation sites is 1. The van der Waals surface area contributed by atoms with Crippen molar-refractivity contribution in [1.29, 1.82) is 0 Å². The molecule has 0 saturated heterocycles. The average molecular weight is 460 g/mol. The fourth-order valence-corrected chi connectivity index (χ4v) is 2.87. The third kappa shape index (κ3) is 11.6. The van der Waals surface area contributed by atoms with Gasteiger partial charge in [0.15, 0.2) is 0 Å². The summed E-state index contributed by atoms with van der Waals surface area (Å²) in [7, 11) is -0.120. The molecule has 1 atom stereocenters. The molecule has 0 heterocycles. The van der Waals surface area contributed by atoms with Crippen LogP contribution in [0.4, 0.5) is 0 Å². The number of nitrogens with zero attached hydrogens (tertiary/aromatic N) is 1. The van der Waals surface area contributed by atoms with Crippen molar-refractivity contribution >= 4 is 18.7 Å². The first-order valence-electron chi connectivity index (χ1n) is 11.3. The molecule has 1 rings (SSSR count). The summed E-state index contributed by atoms with van der Waals surface area (Å²) in [4.78, 5) is 12.3. The summed E-state index contributed by atoms with van der Waals surface area (Å²) in [5, 5.41) is 23.4. The molecular formula is C24H41BN4O4. The fourth-order valence-electron chi connectivity index (χ4n) is 2.87. The van der Waals surface area contributed by atoms with Gasteiger partial charge in [-0.3, -0.25) is 4.79 Å². The zero-order valence-corrected chi connectivity index (χ0v) is 20.8. The molecule has 0 aliphatic carbocycles. The highest BCUT2D eigenvalue weighted by Crippen LogP contribution is 2.22. The van der Waals surface area contributed by atoms with Crippen molar-refractivity contribution < 1.29 is 19.6 Å². The summed E-state index contributed by atoms with van der Waals surface area (Å²) in [5.41, 5.74) is 9.29. The normalized spacial score (nSPS) is 12.9. The average Bonchev–Trinajstić information content (AvgIpc) is 2.82. The van der Waals surface area contributed by atoms with Crippen LogP contribution in [0.3, 0.4) is 0 Å². The first-order valence-corrected chi connectivity index (χ1v) is 11.3. The Labute approximate surface area is 199 Å². The number of methoxy groups -OCH3 is 1. The van der Waals surface area contributed by atoms with E-state index < -0.39 is 13.1 Å². The SMILES string of the molecule is C/C=C(\C=C(/C)CC)C[C@H](NC(=O)CCN(N)/C=C(\N)c1ccccc1OC)B(O)O.CC. The van der Waals surface area contributed by atoms with Gasteiger partial charge in [0, 0.05) is 24.7 Å². The van der Waals surface area contributed by atoms with Crippen LogP contribution >= 0.6 is 0 Å². The summed E-state index contributed by atoms with van der Waals surface area (Å²) in [6.07, 6.45) is 6.69. The van der Waals surface area contributed by atoms with Gasteiger partial charge in [-0.15, -0.1) is 0 Å². The molecule has 0 aliphatic heterocycles. The van der Waals surface area contributed by atoms with Crippen LogP contribution in [-0.4, -0.2) is 47.7 Å². The molecule has 1 aromatic carbocycles. The van der Waals surface area contributed by atoms with Crippen molar-refractivity contribution in [3.05, 3.63) is 59.3 Å². The molecule has 0 fully saturated rings. The maximum atomic E-state index is 12.3. The molecule has 33 heavy (non-hydrogen) atoms. The number of ether oxygens (including phenoxy) is 1. The number of hydrazine groups is 1. The smallest absolute Gasteiger partial charge is 0.475 e. The number of allylic oxidation sites excluding steroid dienone is 3. The molecule has 0 unspecified atom stereocenters. The molecule has 7 N–H and O–H groups in total. The van der Waals surface area contributed by atoms with Crippen molar-refractivity contribution in [2.24, 2.45) is 11.6 Å². The van der Waals surface area contributed by atoms with E-state index in [0.717, 1.165) is 12.0 Å². The van der Waals surface area contributed by atoms with Gasteiger partial charge in [-0.05, 0) is 38.8 Å². The Kier molecular flexibility index (Phi) is 15.4. The van der Waals surface area contributed by atoms with Crippen molar-refractivity contribution in [3.8, 4) is 5.75 Å². The van der Waals surface area contributed by atoms with E-state index in [-0.39, 0.29) is 18.9 Å². The molecule has 0 aromatic heterocycles. The van der Waals surface area contributed by atoms with Crippen LogP contribution in [0.2, 0.25) is 0 Å². The minimum absolute atomic E-state index is 0.0599. The number of hydrogen-bond acceptors (Lipinski definition) is 7. The number of nitrogens with one attached hydrogen (secondary N) is 1. The van der Waals surface area contributed by atoms with E-state index in [1.54, 1.807) is 13.2 Å². The van der Waals surface area contributed by atoms with E-state index in [1.807, 2.05) is 65.0 Å². The lowest BCUT2D eigenvalue weighted by Crippen LogP contribution is -2.47. The lowest BCUT2D eigenvalue weighted by molar-refractivity contribution is -0.121. The highest BCUT2D eigenvalue weighted by atomic mass is 16.5. The maximum absolute atomic E-state index is 12.3. The number of hydrogen-bond donors (Lipinski definition) is 5. The topological polar surface area (TPSA) is 134 Å². The van der Waals surface area contributed by atoms with Gasteiger partial charge in [-0.1, -0.05) is 56.2 Å². The van der Waals surface area contributed by atoms with Crippen molar-refractivity contribution in [2.75, 3.05) is 13.7 Å². The minimum Gasteiger partial charge on any atom is -0.496 e. The maximum Gasteiger partial charge on any atom is 0.475 e. The fraction of sp³-hybridized carbons (Fsp3) is 0.458. The van der Waals surface area contributed by atoms with Gasteiger partial charge in [0.25, 0.3) is 0 Å². The molecule has 0 bridgehead atoms. The summed E-state index contributed by atoms with van der Waals surface area (Å²) < 4.78 is 5.28. The van der Waals surface area contributed by atoms with E-state index in [9.17, 15) is 14.8 Å². The molecular weight excluding hydrogens is 419 g/mol. The number of benzene rings is 1. The molecule has 9 heteroatoms. The second-order valence-electron chi connectivity index (χ2n) is 7.27. The predicted octanol–water partition coefficient (Wildman–Crippen LogP) is 2.73. The van der Waals surface area contributed by atoms with E-state index in [0.29, 0.717) is 23.4 Å². The lowest BCUT2D eigenvalue weighted by atomic mass is 9.75. The molecule has 1 amide bonds. The second kappa shape index (κ2) is 16.8. The van der Waals surface area contributed by atoms with Crippen LogP contribution in [0.15, 0.2) is 53.8 Å². The standard InChI is InChI=1S/C22H35BN4O4.C2H6/c1-5-16(3)13-17(6-2)14-21(23(29)30)26-22(28)11-12-27(25)15-19(24)18-9-7-8-10-20(18)31-4;1-2/h6-10,13,15,21,29-30H,5,11-12,14,24-25H2,1-4H3,(H,26,28);1-2H3/b16-13+,17-6+,19-15-;/t21-;/m0./s1. The van der Waals surface area contributed by atoms with Gasteiger partial charge >= 0.3 is 7.12 Å². The highest BCUT2D eigenvalue weighted by molar-refractivity contribution is 6.43. The summed E-state index contributed by atoms with van der Waals surface area (Å²) in [6.45, 7) is 10.1. The van der Waals surface area contributed by atoms with E-state index in [4.69, 9.17) is 16.3 Å². The number of amides is 1. The Balaban J connectivity index is 0.00000497. The van der Waals surface area contributed by atoms with Gasteiger partial charge in [-0.2, -0.15) is 0 Å². The predicted molar refractivity (Wildman–Crippen MR) is 137 cm³/mol. The highest BCUT2D eigenvalue weighted by Gasteiger charge is 2.25. The van der Waals surface area contributed by atoms with Gasteiger partial charge in [-0.25, -0.2) is 5.84 Å². The first kappa shape index (κ1) is 30.3. The molecule has 0 spiro atoms. The number of carbonyl (C=O) groups excluding carboxylic acids is 1. The van der Waals surface area contributed by atoms with Gasteiger partial charge in [0.2, 0.25) is 5.91 Å². The molecule has 0 saturated carbocycles. The van der Waals surface area contributed by atoms with E-state index in [2.05, 4.69) is 5.32 Å². The van der Waals surface area contributed by atoms with Crippen LogP contribution in [0.25, 0.3) is 5.70 Å². The lowest BCUT2D eigenvalue weighted by Gasteiger charge is -2.20. The van der Waals surface area contributed by atoms with Crippen LogP contribution in [-0.2, 0) is 4.79 Å². The first-order chi connectivity index (χ1) is 15.7. The quantitative estimate of drug-likeness (QED) is 0.140. The second-order valence-corrected chi connectivity index (χ2v) is 7.27. The Bertz CT molecular complexity index is 809. The van der Waals surface area contributed by atoms with Crippen LogP contribution in [0.5, 0.6) is 5.75 Å². The third-order valence-electron chi connectivity index (χ3n) is 4.84. The van der Waals surface area contributed by atoms with Crippen LogP contribution in [0, 0.1) is 0 Å². The molecule has 1 aromatic rings. The zero-order valence-electron chi connectivity index (χ0n) is 20.8. The molecule has 184 valence electrons. The Hall–Kier alpha value is -2.75. The van der Waals surface area contributed by atoms with Gasteiger partial charge in [0.1, 0.15) is 5.75 Å². The van der Waals surface area contributed by atoms with Crippen LogP contribution < -0.4 is 21.6 Å². The number of nitrogens with two attached hydrogens (primary N) is 2. The van der Waals surface area contributed by atoms with Gasteiger partial charge in [0.05, 0.1) is 18.7 Å². The van der Waals surface area contributed by atoms with Crippen molar-refractivity contribution in [2.45, 2.75) is 59.8 Å². The Morgan fingerprint density at radius 2 is 1.94 bits per heavy atom. The van der Waals surface area contributed by atoms with Gasteiger partial charge < -0.3 is 30.8 Å². The van der Waals surface area contributed by atoms with E-state index in [1.165, 1.54) is 16.8 Å². The largest absolute Gasteiger partial charge is 0.496 e. The molecule has 8 nitrogen and oxygen atoms in total. The van der Waals surface area contributed by atoms with Crippen molar-refractivity contribution in [3.63, 3.8) is 0 Å². The summed E-state index contributed by atoms with van der Waals surface area (Å²) >= 11 is 0. The summed E-state index contributed by atoms with van der Waals surface area (Å²) in [6, 6.07) is 7.28. The monoisotopic (exact) mass is 460 g/mol. The van der Waals surface area contributed by atoms with Crippen LogP contribution in [0.1, 0.15) is 59.4 Å². The van der Waals surface area contributed by atoms with E-state index >= 15 is 0 Å². The summed E-state index contributed by atoms with van der Waals surface area (Å²) in [5.74, 6) is 5.41. The Morgan fingerprint density at radius 3 is 2.48 bits per heavy atom. The zero-order chi connectivity index (χ0) is 25.4. The minimum atomic E-state index is -1.68. The number of rotatable bonds is 12. The third-order valence-corrected chi connectivity index (χ3v) is 4.84. The Morgan fingerprint density at radius 1 is 1.30 bits per heavy atom. The number of carbonyl (C=O) groups is 1. The van der Waals surface area contributed by atoms with Crippen molar-refractivity contribution in [1.82, 2.24) is 10.3 Å².